The van der Waals surface area contributed by atoms with Gasteiger partial charge in [-0.3, -0.25) is 4.79 Å². The Balaban J connectivity index is 3.01. The third-order valence-corrected chi connectivity index (χ3v) is 2.80. The minimum Gasteiger partial charge on any atom is -0.299 e. The van der Waals surface area contributed by atoms with Gasteiger partial charge < -0.3 is 0 Å². The van der Waals surface area contributed by atoms with E-state index in [2.05, 4.69) is 0 Å². The van der Waals surface area contributed by atoms with Gasteiger partial charge in [-0.25, -0.2) is 8.42 Å². The Morgan fingerprint density at radius 1 is 1.14 bits per heavy atom. The zero-order valence-electron chi connectivity index (χ0n) is 7.67. The number of carbonyl (C=O) groups excluding carboxylic acids is 1. The minimum atomic E-state index is -3.13. The van der Waals surface area contributed by atoms with Crippen LogP contribution < -0.4 is 0 Å². The van der Waals surface area contributed by atoms with Crippen LogP contribution in [0.2, 0.25) is 0 Å². The smallest absolute Gasteiger partial charge is 0.175 e. The number of sulfone groups is 1. The molecule has 14 heavy (non-hydrogen) atoms. The lowest BCUT2D eigenvalue weighted by molar-refractivity contribution is -0.104. The van der Waals surface area contributed by atoms with E-state index in [1.807, 2.05) is 0 Å². The second kappa shape index (κ2) is 4.19. The molecule has 0 saturated carbocycles. The molecule has 1 rings (SSSR count). The van der Waals surface area contributed by atoms with Crippen LogP contribution in [0.5, 0.6) is 0 Å². The zero-order chi connectivity index (χ0) is 10.6. The van der Waals surface area contributed by atoms with E-state index >= 15 is 0 Å². The van der Waals surface area contributed by atoms with Crippen molar-refractivity contribution < 1.29 is 13.2 Å². The molecule has 0 radical (unpaired) electrons. The van der Waals surface area contributed by atoms with Gasteiger partial charge in [0, 0.05) is 6.26 Å². The van der Waals surface area contributed by atoms with Crippen molar-refractivity contribution in [3.63, 3.8) is 0 Å². The average Bonchev–Trinajstić information content (AvgIpc) is 2.14. The molecular weight excluding hydrogens is 200 g/mol. The number of hydrogen-bond donors (Lipinski definition) is 0. The van der Waals surface area contributed by atoms with E-state index in [0.717, 1.165) is 11.8 Å². The van der Waals surface area contributed by atoms with E-state index in [1.165, 1.54) is 18.2 Å². The second-order valence-corrected chi connectivity index (χ2v) is 4.85. The van der Waals surface area contributed by atoms with Gasteiger partial charge in [-0.15, -0.1) is 0 Å². The Kier molecular flexibility index (Phi) is 3.19. The summed E-state index contributed by atoms with van der Waals surface area (Å²) in [5.74, 6) is 0. The highest BCUT2D eigenvalue weighted by atomic mass is 32.2. The van der Waals surface area contributed by atoms with Crippen LogP contribution in [0.25, 0.3) is 6.08 Å². The van der Waals surface area contributed by atoms with Crippen LogP contribution in [0.3, 0.4) is 0 Å². The molecule has 0 unspecified atom stereocenters. The predicted molar refractivity (Wildman–Crippen MR) is 54.6 cm³/mol. The fourth-order valence-electron chi connectivity index (χ4n) is 0.977. The summed E-state index contributed by atoms with van der Waals surface area (Å²) in [6, 6.07) is 6.33. The number of benzene rings is 1. The quantitative estimate of drug-likeness (QED) is 0.558. The van der Waals surface area contributed by atoms with E-state index in [0.29, 0.717) is 6.29 Å². The van der Waals surface area contributed by atoms with Gasteiger partial charge in [0.15, 0.2) is 9.84 Å². The molecule has 4 heteroatoms. The van der Waals surface area contributed by atoms with Crippen molar-refractivity contribution in [1.82, 2.24) is 0 Å². The van der Waals surface area contributed by atoms with Gasteiger partial charge in [0.05, 0.1) is 4.90 Å². The summed E-state index contributed by atoms with van der Waals surface area (Å²) in [7, 11) is -3.13. The van der Waals surface area contributed by atoms with Gasteiger partial charge in [0.2, 0.25) is 0 Å². The van der Waals surface area contributed by atoms with Crippen molar-refractivity contribution in [3.05, 3.63) is 35.9 Å². The number of allylic oxidation sites excluding steroid dienone is 1. The molecule has 0 aromatic heterocycles. The highest BCUT2D eigenvalue weighted by Crippen LogP contribution is 2.10. The monoisotopic (exact) mass is 210 g/mol. The average molecular weight is 210 g/mol. The third-order valence-electron chi connectivity index (χ3n) is 1.68. The van der Waals surface area contributed by atoms with Crippen molar-refractivity contribution in [1.29, 1.82) is 0 Å². The molecule has 0 N–H and O–H groups in total. The normalized spacial score (nSPS) is 11.8. The summed E-state index contributed by atoms with van der Waals surface area (Å²) in [6.45, 7) is 0. The van der Waals surface area contributed by atoms with Gasteiger partial charge in [0.25, 0.3) is 0 Å². The van der Waals surface area contributed by atoms with Crippen LogP contribution in [-0.2, 0) is 14.6 Å². The Morgan fingerprint density at radius 2 is 1.71 bits per heavy atom. The summed E-state index contributed by atoms with van der Waals surface area (Å²) < 4.78 is 22.2. The Labute approximate surface area is 83.0 Å². The van der Waals surface area contributed by atoms with Crippen molar-refractivity contribution in [2.75, 3.05) is 6.26 Å². The highest BCUT2D eigenvalue weighted by molar-refractivity contribution is 7.90. The summed E-state index contributed by atoms with van der Waals surface area (Å²) in [6.07, 6.45) is 4.79. The van der Waals surface area contributed by atoms with Gasteiger partial charge in [-0.05, 0) is 23.8 Å². The van der Waals surface area contributed by atoms with Gasteiger partial charge >= 0.3 is 0 Å². The maximum absolute atomic E-state index is 11.1. The van der Waals surface area contributed by atoms with Crippen LogP contribution in [0.1, 0.15) is 5.56 Å². The van der Waals surface area contributed by atoms with E-state index in [9.17, 15) is 13.2 Å². The maximum atomic E-state index is 11.1. The number of rotatable bonds is 3. The molecule has 0 heterocycles. The molecule has 0 amide bonds. The number of carbonyl (C=O) groups is 1. The van der Waals surface area contributed by atoms with E-state index in [-0.39, 0.29) is 4.90 Å². The topological polar surface area (TPSA) is 51.2 Å². The molecule has 3 nitrogen and oxygen atoms in total. The molecule has 0 saturated heterocycles. The Morgan fingerprint density at radius 3 is 2.14 bits per heavy atom. The summed E-state index contributed by atoms with van der Waals surface area (Å²) >= 11 is 0. The third kappa shape index (κ3) is 2.81. The molecule has 1 aromatic carbocycles. The van der Waals surface area contributed by atoms with Gasteiger partial charge in [0.1, 0.15) is 6.29 Å². The first-order chi connectivity index (χ1) is 6.54. The minimum absolute atomic E-state index is 0.278. The lowest BCUT2D eigenvalue weighted by atomic mass is 10.2. The maximum Gasteiger partial charge on any atom is 0.175 e. The zero-order valence-corrected chi connectivity index (χ0v) is 8.49. The standard InChI is InChI=1S/C10H10O3S/c1-14(12,13)10-6-4-9(5-7-10)3-2-8-11/h2-8H,1H3. The molecule has 74 valence electrons. The molecule has 0 aliphatic rings. The lowest BCUT2D eigenvalue weighted by Crippen LogP contribution is -1.95. The summed E-state index contributed by atoms with van der Waals surface area (Å²) in [5.41, 5.74) is 0.796. The first kappa shape index (κ1) is 10.7. The lowest BCUT2D eigenvalue weighted by Gasteiger charge is -1.97. The van der Waals surface area contributed by atoms with Crippen LogP contribution in [-0.4, -0.2) is 21.0 Å². The Bertz CT molecular complexity index is 441. The van der Waals surface area contributed by atoms with Crippen molar-refractivity contribution in [2.45, 2.75) is 4.90 Å². The second-order valence-electron chi connectivity index (χ2n) is 2.84. The van der Waals surface area contributed by atoms with Crippen LogP contribution in [0.15, 0.2) is 35.2 Å². The molecular formula is C10H10O3S. The van der Waals surface area contributed by atoms with Crippen LogP contribution in [0, 0.1) is 0 Å². The van der Waals surface area contributed by atoms with E-state index in [4.69, 9.17) is 0 Å². The van der Waals surface area contributed by atoms with E-state index < -0.39 is 9.84 Å². The van der Waals surface area contributed by atoms with Crippen molar-refractivity contribution in [2.24, 2.45) is 0 Å². The molecule has 0 aliphatic heterocycles. The van der Waals surface area contributed by atoms with Gasteiger partial charge in [-0.2, -0.15) is 0 Å². The fraction of sp³-hybridized carbons (Fsp3) is 0.100. The van der Waals surface area contributed by atoms with Crippen molar-refractivity contribution >= 4 is 22.2 Å². The van der Waals surface area contributed by atoms with Gasteiger partial charge in [-0.1, -0.05) is 18.2 Å². The molecule has 1 aromatic rings. The molecule has 0 spiro atoms. The largest absolute Gasteiger partial charge is 0.299 e. The number of hydrogen-bond acceptors (Lipinski definition) is 3. The predicted octanol–water partition coefficient (Wildman–Crippen LogP) is 1.30. The molecule has 0 atom stereocenters. The SMILES string of the molecule is CS(=O)(=O)c1ccc(C=CC=O)cc1. The first-order valence-corrected chi connectivity index (χ1v) is 5.85. The number of aldehydes is 1. The highest BCUT2D eigenvalue weighted by Gasteiger charge is 2.04. The Hall–Kier alpha value is -1.42. The molecule has 0 fully saturated rings. The summed E-state index contributed by atoms with van der Waals surface area (Å²) in [4.78, 5) is 10.3. The van der Waals surface area contributed by atoms with Crippen LogP contribution >= 0.6 is 0 Å². The van der Waals surface area contributed by atoms with Crippen molar-refractivity contribution in [3.8, 4) is 0 Å². The summed E-state index contributed by atoms with van der Waals surface area (Å²) in [5, 5.41) is 0. The first-order valence-electron chi connectivity index (χ1n) is 3.96. The molecule has 0 aliphatic carbocycles. The fourth-order valence-corrected chi connectivity index (χ4v) is 1.61. The van der Waals surface area contributed by atoms with E-state index in [1.54, 1.807) is 18.2 Å². The van der Waals surface area contributed by atoms with Crippen LogP contribution in [0.4, 0.5) is 0 Å². The molecule has 0 bridgehead atoms.